The van der Waals surface area contributed by atoms with Gasteiger partial charge in [0.15, 0.2) is 11.3 Å². The van der Waals surface area contributed by atoms with E-state index in [1.165, 1.54) is 6.08 Å². The van der Waals surface area contributed by atoms with E-state index in [9.17, 15) is 14.7 Å². The molecule has 2 N–H and O–H groups in total. The van der Waals surface area contributed by atoms with Gasteiger partial charge in [-0.3, -0.25) is 4.79 Å². The number of carbonyl (C=O) groups excluding carboxylic acids is 2. The SMILES string of the molecule is CCOC(=O)C1=C(O)/C(=C/c2ccc(Cl)cc2)NC1=O. The predicted molar refractivity (Wildman–Crippen MR) is 73.9 cm³/mol. The van der Waals surface area contributed by atoms with Gasteiger partial charge >= 0.3 is 5.97 Å². The standard InChI is InChI=1S/C14H12ClNO4/c1-2-20-14(19)11-12(17)10(16-13(11)18)7-8-3-5-9(15)6-4-8/h3-7,17H,2H2,1H3,(H,16,18)/b10-7-. The zero-order chi connectivity index (χ0) is 14.7. The van der Waals surface area contributed by atoms with Crippen molar-refractivity contribution < 1.29 is 19.4 Å². The maximum atomic E-state index is 11.7. The molecule has 1 aliphatic rings. The van der Waals surface area contributed by atoms with Crippen LogP contribution in [0.3, 0.4) is 0 Å². The maximum Gasteiger partial charge on any atom is 0.347 e. The van der Waals surface area contributed by atoms with E-state index in [4.69, 9.17) is 16.3 Å². The molecule has 1 aromatic rings. The van der Waals surface area contributed by atoms with E-state index in [0.29, 0.717) is 5.02 Å². The van der Waals surface area contributed by atoms with Gasteiger partial charge in [-0.15, -0.1) is 0 Å². The first-order valence-electron chi connectivity index (χ1n) is 5.92. The Hall–Kier alpha value is -2.27. The molecule has 0 bridgehead atoms. The van der Waals surface area contributed by atoms with Gasteiger partial charge in [0.05, 0.1) is 12.3 Å². The van der Waals surface area contributed by atoms with Crippen molar-refractivity contribution in [1.29, 1.82) is 0 Å². The topological polar surface area (TPSA) is 75.6 Å². The Bertz CT molecular complexity index is 617. The number of halogens is 1. The number of esters is 1. The van der Waals surface area contributed by atoms with Crippen molar-refractivity contribution in [2.24, 2.45) is 0 Å². The Morgan fingerprint density at radius 1 is 1.40 bits per heavy atom. The van der Waals surface area contributed by atoms with Gasteiger partial charge in [-0.2, -0.15) is 0 Å². The summed E-state index contributed by atoms with van der Waals surface area (Å²) in [5.74, 6) is -1.94. The molecule has 0 spiro atoms. The summed E-state index contributed by atoms with van der Waals surface area (Å²) in [7, 11) is 0. The van der Waals surface area contributed by atoms with Crippen LogP contribution in [0.15, 0.2) is 41.3 Å². The van der Waals surface area contributed by atoms with Crippen molar-refractivity contribution in [2.75, 3.05) is 6.61 Å². The number of amides is 1. The Morgan fingerprint density at radius 3 is 2.65 bits per heavy atom. The van der Waals surface area contributed by atoms with E-state index in [1.54, 1.807) is 31.2 Å². The van der Waals surface area contributed by atoms with Crippen LogP contribution in [0, 0.1) is 0 Å². The highest BCUT2D eigenvalue weighted by molar-refractivity contribution is 6.30. The fourth-order valence-electron chi connectivity index (χ4n) is 1.71. The summed E-state index contributed by atoms with van der Waals surface area (Å²) in [5, 5.41) is 12.9. The predicted octanol–water partition coefficient (Wildman–Crippen LogP) is 2.19. The van der Waals surface area contributed by atoms with Crippen LogP contribution in [0.25, 0.3) is 6.08 Å². The fraction of sp³-hybridized carbons (Fsp3) is 0.143. The molecule has 1 aromatic carbocycles. The zero-order valence-corrected chi connectivity index (χ0v) is 11.4. The molecule has 0 saturated heterocycles. The molecule has 0 unspecified atom stereocenters. The van der Waals surface area contributed by atoms with Crippen LogP contribution in [0.1, 0.15) is 12.5 Å². The lowest BCUT2D eigenvalue weighted by atomic mass is 10.1. The summed E-state index contributed by atoms with van der Waals surface area (Å²) in [6.45, 7) is 1.74. The first-order chi connectivity index (χ1) is 9.52. The van der Waals surface area contributed by atoms with Crippen molar-refractivity contribution in [3.63, 3.8) is 0 Å². The molecule has 0 atom stereocenters. The molecule has 0 saturated carbocycles. The average molecular weight is 294 g/mol. The van der Waals surface area contributed by atoms with Gasteiger partial charge in [0, 0.05) is 5.02 Å². The third-order valence-corrected chi connectivity index (χ3v) is 2.88. The minimum absolute atomic E-state index is 0.124. The minimum Gasteiger partial charge on any atom is -0.505 e. The lowest BCUT2D eigenvalue weighted by Gasteiger charge is -2.00. The molecule has 0 radical (unpaired) electrons. The van der Waals surface area contributed by atoms with Crippen molar-refractivity contribution in [2.45, 2.75) is 6.92 Å². The Balaban J connectivity index is 2.33. The van der Waals surface area contributed by atoms with Crippen molar-refractivity contribution in [3.05, 3.63) is 51.9 Å². The number of hydrogen-bond acceptors (Lipinski definition) is 4. The van der Waals surface area contributed by atoms with Crippen LogP contribution in [0.2, 0.25) is 5.02 Å². The van der Waals surface area contributed by atoms with Crippen LogP contribution in [0.5, 0.6) is 0 Å². The van der Waals surface area contributed by atoms with Gasteiger partial charge in [0.2, 0.25) is 0 Å². The highest BCUT2D eigenvalue weighted by atomic mass is 35.5. The molecular weight excluding hydrogens is 282 g/mol. The van der Waals surface area contributed by atoms with Crippen LogP contribution >= 0.6 is 11.6 Å². The first-order valence-corrected chi connectivity index (χ1v) is 6.30. The smallest absolute Gasteiger partial charge is 0.347 e. The molecule has 6 heteroatoms. The molecule has 5 nitrogen and oxygen atoms in total. The lowest BCUT2D eigenvalue weighted by molar-refractivity contribution is -0.140. The summed E-state index contributed by atoms with van der Waals surface area (Å²) in [6.07, 6.45) is 1.54. The quantitative estimate of drug-likeness (QED) is 0.661. The second-order valence-corrected chi connectivity index (χ2v) is 4.44. The van der Waals surface area contributed by atoms with E-state index in [1.807, 2.05) is 0 Å². The summed E-state index contributed by atoms with van der Waals surface area (Å²) >= 11 is 5.77. The molecule has 1 amide bonds. The molecule has 1 aliphatic heterocycles. The molecule has 0 aromatic heterocycles. The van der Waals surface area contributed by atoms with Crippen molar-refractivity contribution in [1.82, 2.24) is 5.32 Å². The highest BCUT2D eigenvalue weighted by Crippen LogP contribution is 2.22. The fourth-order valence-corrected chi connectivity index (χ4v) is 1.83. The summed E-state index contributed by atoms with van der Waals surface area (Å²) in [6, 6.07) is 6.80. The molecule has 20 heavy (non-hydrogen) atoms. The average Bonchev–Trinajstić information content (AvgIpc) is 2.67. The van der Waals surface area contributed by atoms with Crippen molar-refractivity contribution in [3.8, 4) is 0 Å². The Labute approximate surface area is 120 Å². The second-order valence-electron chi connectivity index (χ2n) is 4.01. The zero-order valence-electron chi connectivity index (χ0n) is 10.6. The Morgan fingerprint density at radius 2 is 2.05 bits per heavy atom. The van der Waals surface area contributed by atoms with Crippen LogP contribution in [-0.4, -0.2) is 23.6 Å². The normalized spacial score (nSPS) is 16.5. The summed E-state index contributed by atoms with van der Waals surface area (Å²) in [4.78, 5) is 23.2. The number of aliphatic hydroxyl groups is 1. The maximum absolute atomic E-state index is 11.7. The van der Waals surface area contributed by atoms with Gasteiger partial charge in [-0.1, -0.05) is 23.7 Å². The Kier molecular flexibility index (Phi) is 4.10. The van der Waals surface area contributed by atoms with Gasteiger partial charge in [0.25, 0.3) is 5.91 Å². The molecule has 2 rings (SSSR count). The van der Waals surface area contributed by atoms with Gasteiger partial charge < -0.3 is 15.2 Å². The van der Waals surface area contributed by atoms with Crippen LogP contribution in [0.4, 0.5) is 0 Å². The molecule has 1 heterocycles. The van der Waals surface area contributed by atoms with Crippen LogP contribution < -0.4 is 5.32 Å². The summed E-state index contributed by atoms with van der Waals surface area (Å²) < 4.78 is 4.72. The number of carbonyl (C=O) groups is 2. The third kappa shape index (κ3) is 2.83. The monoisotopic (exact) mass is 293 g/mol. The lowest BCUT2D eigenvalue weighted by Crippen LogP contribution is -2.21. The van der Waals surface area contributed by atoms with Gasteiger partial charge in [-0.05, 0) is 30.7 Å². The number of benzene rings is 1. The van der Waals surface area contributed by atoms with E-state index in [0.717, 1.165) is 5.56 Å². The minimum atomic E-state index is -0.845. The van der Waals surface area contributed by atoms with Gasteiger partial charge in [0.1, 0.15) is 0 Å². The largest absolute Gasteiger partial charge is 0.505 e. The van der Waals surface area contributed by atoms with Gasteiger partial charge in [-0.25, -0.2) is 4.79 Å². The molecule has 104 valence electrons. The second kappa shape index (κ2) is 5.79. The number of nitrogens with one attached hydrogen (secondary N) is 1. The van der Waals surface area contributed by atoms with E-state index in [-0.39, 0.29) is 17.9 Å². The third-order valence-electron chi connectivity index (χ3n) is 2.63. The number of ether oxygens (including phenoxy) is 1. The molecule has 0 aliphatic carbocycles. The van der Waals surface area contributed by atoms with E-state index < -0.39 is 17.6 Å². The van der Waals surface area contributed by atoms with E-state index in [2.05, 4.69) is 5.32 Å². The number of aliphatic hydroxyl groups excluding tert-OH is 1. The van der Waals surface area contributed by atoms with Crippen LogP contribution in [-0.2, 0) is 14.3 Å². The first kappa shape index (κ1) is 14.1. The highest BCUT2D eigenvalue weighted by Gasteiger charge is 2.33. The van der Waals surface area contributed by atoms with Crippen molar-refractivity contribution >= 4 is 29.6 Å². The molecular formula is C14H12ClNO4. The summed E-state index contributed by atoms with van der Waals surface area (Å²) in [5.41, 5.74) is 0.494. The number of hydrogen-bond donors (Lipinski definition) is 2. The van der Waals surface area contributed by atoms with E-state index >= 15 is 0 Å². The molecule has 0 fully saturated rings. The number of rotatable bonds is 3.